The van der Waals surface area contributed by atoms with Gasteiger partial charge in [0.1, 0.15) is 11.5 Å². The lowest BCUT2D eigenvalue weighted by Gasteiger charge is -2.44. The topological polar surface area (TPSA) is 99.5 Å². The van der Waals surface area contributed by atoms with Gasteiger partial charge >= 0.3 is 6.09 Å². The summed E-state index contributed by atoms with van der Waals surface area (Å²) in [4.78, 5) is 12.4. The molecule has 0 saturated heterocycles. The van der Waals surface area contributed by atoms with Gasteiger partial charge in [0.25, 0.3) is 0 Å². The number of hydrogen-bond acceptors (Lipinski definition) is 6. The highest BCUT2D eigenvalue weighted by Crippen LogP contribution is 2.64. The van der Waals surface area contributed by atoms with E-state index in [4.69, 9.17) is 5.11 Å². The number of benzene rings is 2. The molecule has 0 aliphatic carbocycles. The Morgan fingerprint density at radius 1 is 1.10 bits per heavy atom. The molecule has 0 spiro atoms. The highest BCUT2D eigenvalue weighted by Gasteiger charge is 2.42. The van der Waals surface area contributed by atoms with E-state index in [0.717, 1.165) is 10.4 Å². The summed E-state index contributed by atoms with van der Waals surface area (Å²) in [6.07, 6.45) is -0.476. The summed E-state index contributed by atoms with van der Waals surface area (Å²) in [7, 11) is -1.78. The molecule has 1 heterocycles. The number of nitrogens with zero attached hydrogens (tertiary/aromatic N) is 3. The van der Waals surface area contributed by atoms with Crippen LogP contribution >= 0.6 is 11.0 Å². The summed E-state index contributed by atoms with van der Waals surface area (Å²) < 4.78 is 52.3. The van der Waals surface area contributed by atoms with Crippen LogP contribution in [-0.2, 0) is 0 Å². The first-order valence-corrected chi connectivity index (χ1v) is 10.7. The summed E-state index contributed by atoms with van der Waals surface area (Å²) in [5.74, 6) is -1.65. The van der Waals surface area contributed by atoms with Gasteiger partial charge in [0.2, 0.25) is 0 Å². The van der Waals surface area contributed by atoms with Gasteiger partial charge in [-0.2, -0.15) is 0 Å². The van der Waals surface area contributed by atoms with Gasteiger partial charge in [0.05, 0.1) is 17.9 Å². The minimum absolute atomic E-state index is 0.126. The number of carbonyl (C=O) groups is 1. The van der Waals surface area contributed by atoms with Crippen molar-refractivity contribution < 1.29 is 27.8 Å². The largest absolute Gasteiger partial charge is 0.465 e. The van der Waals surface area contributed by atoms with Gasteiger partial charge in [-0.25, -0.2) is 17.9 Å². The summed E-state index contributed by atoms with van der Waals surface area (Å²) in [6, 6.07) is 9.75. The second-order valence-corrected chi connectivity index (χ2v) is 8.65. The third kappa shape index (κ3) is 4.59. The minimum atomic E-state index is -3.62. The number of fused-ring (bicyclic) bond motifs is 1. The number of hydrogen-bond donors (Lipinski definition) is 4. The number of halogens is 2. The van der Waals surface area contributed by atoms with Crippen molar-refractivity contribution in [1.82, 2.24) is 10.2 Å². The fraction of sp³-hybridized carbons (Fsp3) is 0.316. The van der Waals surface area contributed by atoms with Crippen molar-refractivity contribution in [3.8, 4) is 0 Å². The summed E-state index contributed by atoms with van der Waals surface area (Å²) in [5.41, 5.74) is 0.818. The molecule has 2 aromatic carbocycles. The van der Waals surface area contributed by atoms with E-state index < -0.39 is 28.7 Å². The second kappa shape index (κ2) is 9.04. The van der Waals surface area contributed by atoms with Crippen molar-refractivity contribution in [2.45, 2.75) is 6.42 Å². The molecule has 0 saturated carbocycles. The molecule has 0 radical (unpaired) electrons. The Labute approximate surface area is 174 Å². The van der Waals surface area contributed by atoms with Gasteiger partial charge in [-0.1, -0.05) is 12.1 Å². The molecule has 164 valence electrons. The second-order valence-electron chi connectivity index (χ2n) is 6.86. The zero-order chi connectivity index (χ0) is 21.9. The van der Waals surface area contributed by atoms with Gasteiger partial charge in [0, 0.05) is 19.2 Å². The number of amides is 1. The van der Waals surface area contributed by atoms with Gasteiger partial charge in [0.15, 0.2) is 5.82 Å². The molecule has 8 nitrogen and oxygen atoms in total. The van der Waals surface area contributed by atoms with Crippen LogP contribution in [0, 0.1) is 11.6 Å². The van der Waals surface area contributed by atoms with E-state index in [1.165, 1.54) is 10.4 Å². The fourth-order valence-electron chi connectivity index (χ4n) is 3.28. The number of carboxylic acid groups (broad SMARTS) is 1. The maximum absolute atomic E-state index is 14.4. The van der Waals surface area contributed by atoms with Crippen LogP contribution in [0.1, 0.15) is 6.42 Å². The Morgan fingerprint density at radius 2 is 1.80 bits per heavy atom. The first-order valence-electron chi connectivity index (χ1n) is 9.27. The van der Waals surface area contributed by atoms with Crippen molar-refractivity contribution >= 4 is 34.1 Å². The normalized spacial score (nSPS) is 15.9. The number of nitrogens with one attached hydrogen (secondary N) is 1. The molecule has 0 unspecified atom stereocenters. The minimum Gasteiger partial charge on any atom is -0.465 e. The Balaban J connectivity index is 1.77. The van der Waals surface area contributed by atoms with E-state index in [9.17, 15) is 22.7 Å². The van der Waals surface area contributed by atoms with Gasteiger partial charge in [-0.15, -0.1) is 0 Å². The molecule has 1 amide bonds. The van der Waals surface area contributed by atoms with Gasteiger partial charge in [-0.05, 0) is 55.2 Å². The molecule has 3 rings (SSSR count). The zero-order valence-corrected chi connectivity index (χ0v) is 17.1. The van der Waals surface area contributed by atoms with E-state index >= 15 is 0 Å². The van der Waals surface area contributed by atoms with Crippen molar-refractivity contribution in [3.63, 3.8) is 0 Å². The van der Waals surface area contributed by atoms with E-state index in [1.54, 1.807) is 24.3 Å². The van der Waals surface area contributed by atoms with Crippen LogP contribution in [0.2, 0.25) is 0 Å². The zero-order valence-electron chi connectivity index (χ0n) is 16.3. The number of anilines is 3. The summed E-state index contributed by atoms with van der Waals surface area (Å²) in [6.45, 7) is 1.61. The number of likely N-dealkylation sites (N-methyl/N-ethyl adjacent to an activating group) is 1. The third-order valence-corrected chi connectivity index (χ3v) is 6.57. The first-order chi connectivity index (χ1) is 14.2. The van der Waals surface area contributed by atoms with Crippen LogP contribution in [0.25, 0.3) is 0 Å². The molecule has 1 aliphatic heterocycles. The Bertz CT molecular complexity index is 918. The highest BCUT2D eigenvalue weighted by atomic mass is 32.3. The van der Waals surface area contributed by atoms with Crippen LogP contribution in [-0.4, -0.2) is 58.4 Å². The Hall–Kier alpha value is -2.60. The Morgan fingerprint density at radius 3 is 2.47 bits per heavy atom. The summed E-state index contributed by atoms with van der Waals surface area (Å²) in [5, 5.41) is 10.9. The molecular formula is C19H24F2N4O4S. The van der Waals surface area contributed by atoms with Crippen LogP contribution in [0.4, 0.5) is 30.6 Å². The number of rotatable bonds is 8. The molecule has 0 bridgehead atoms. The smallest absolute Gasteiger partial charge is 0.404 e. The average molecular weight is 442 g/mol. The summed E-state index contributed by atoms with van der Waals surface area (Å²) >= 11 is 0. The van der Waals surface area contributed by atoms with E-state index in [0.29, 0.717) is 43.5 Å². The molecule has 2 aromatic rings. The molecule has 30 heavy (non-hydrogen) atoms. The van der Waals surface area contributed by atoms with E-state index in [2.05, 4.69) is 5.32 Å². The Kier molecular flexibility index (Phi) is 6.66. The van der Waals surface area contributed by atoms with Crippen LogP contribution in [0.5, 0.6) is 0 Å². The molecule has 0 aromatic heterocycles. The lowest BCUT2D eigenvalue weighted by molar-refractivity contribution is 0.193. The van der Waals surface area contributed by atoms with Crippen LogP contribution < -0.4 is 13.9 Å². The highest BCUT2D eigenvalue weighted by molar-refractivity contribution is 8.27. The van der Waals surface area contributed by atoms with Gasteiger partial charge < -0.3 is 15.3 Å². The van der Waals surface area contributed by atoms with Crippen LogP contribution in [0.3, 0.4) is 0 Å². The lowest BCUT2D eigenvalue weighted by Crippen LogP contribution is -2.37. The molecule has 11 heteroatoms. The van der Waals surface area contributed by atoms with Crippen LogP contribution in [0.15, 0.2) is 42.5 Å². The standard InChI is InChI=1S/C19H24F2N4O4S/c1-23(10-4-9-22-19(26)27)11-12-24-17-5-2-3-6-18(17)25(30(24,28)29)16-8-7-14(20)13-15(16)21/h2-3,5-8,13,22,28-29H,4,9-12H2,1H3,(H,26,27). The molecule has 4 N–H and O–H groups in total. The predicted molar refractivity (Wildman–Crippen MR) is 113 cm³/mol. The van der Waals surface area contributed by atoms with E-state index in [-0.39, 0.29) is 12.2 Å². The molecule has 0 atom stereocenters. The third-order valence-electron chi connectivity index (χ3n) is 4.72. The maximum Gasteiger partial charge on any atom is 0.404 e. The molecular weight excluding hydrogens is 418 g/mol. The van der Waals surface area contributed by atoms with Gasteiger partial charge in [-0.3, -0.25) is 13.4 Å². The first kappa shape index (κ1) is 22.1. The van der Waals surface area contributed by atoms with Crippen molar-refractivity contribution in [3.05, 3.63) is 54.1 Å². The quantitative estimate of drug-likeness (QED) is 0.457. The molecule has 1 aliphatic rings. The molecule has 0 fully saturated rings. The van der Waals surface area contributed by atoms with Crippen molar-refractivity contribution in [2.75, 3.05) is 41.8 Å². The average Bonchev–Trinajstić information content (AvgIpc) is 2.90. The predicted octanol–water partition coefficient (Wildman–Crippen LogP) is 4.09. The lowest BCUT2D eigenvalue weighted by atomic mass is 10.2. The van der Waals surface area contributed by atoms with E-state index in [1.807, 2.05) is 11.9 Å². The maximum atomic E-state index is 14.4. The fourth-order valence-corrected chi connectivity index (χ4v) is 5.05. The van der Waals surface area contributed by atoms with Crippen molar-refractivity contribution in [1.29, 1.82) is 0 Å². The SMILES string of the molecule is CN(CCCNC(=O)O)CCN1c2ccccc2N(c2ccc(F)cc2F)S1(O)O. The number of para-hydroxylation sites is 2. The van der Waals surface area contributed by atoms with Crippen molar-refractivity contribution in [2.24, 2.45) is 0 Å². The monoisotopic (exact) mass is 442 g/mol.